The van der Waals surface area contributed by atoms with E-state index >= 15 is 0 Å². The first-order chi connectivity index (χ1) is 22.3. The standard InChI is InChI=1S/C45H32/c1-4-16-32(17-5-1)37-23-11-10-22-35(37)30-44-39-24-12-14-26-41(39)45(42-27-15-13-25-40(42)44)36-28-29-38(33-18-6-2-7-19-33)43(31-36)34-20-8-3-9-21-34/h1-29,31H,30H2. The lowest BCUT2D eigenvalue weighted by Gasteiger charge is -2.20. The Morgan fingerprint density at radius 2 is 0.733 bits per heavy atom. The zero-order valence-electron chi connectivity index (χ0n) is 25.0. The molecule has 0 radical (unpaired) electrons. The first-order valence-electron chi connectivity index (χ1n) is 15.7. The van der Waals surface area contributed by atoms with Gasteiger partial charge in [0.15, 0.2) is 0 Å². The van der Waals surface area contributed by atoms with Crippen LogP contribution in [0.5, 0.6) is 0 Å². The summed E-state index contributed by atoms with van der Waals surface area (Å²) in [4.78, 5) is 0. The number of fused-ring (bicyclic) bond motifs is 2. The van der Waals surface area contributed by atoms with E-state index in [0.29, 0.717) is 0 Å². The SMILES string of the molecule is c1ccc(-c2ccccc2Cc2c3ccccc3c(-c3ccc(-c4ccccc4)c(-c4ccccc4)c3)c3ccccc23)cc1. The molecule has 8 aromatic carbocycles. The largest absolute Gasteiger partial charge is 0.0622 e. The van der Waals surface area contributed by atoms with Crippen molar-refractivity contribution in [3.63, 3.8) is 0 Å². The molecule has 0 aromatic heterocycles. The highest BCUT2D eigenvalue weighted by molar-refractivity contribution is 6.15. The molecule has 8 rings (SSSR count). The van der Waals surface area contributed by atoms with E-state index in [2.05, 4.69) is 182 Å². The Hall–Kier alpha value is -5.72. The predicted molar refractivity (Wildman–Crippen MR) is 192 cm³/mol. The van der Waals surface area contributed by atoms with Gasteiger partial charge < -0.3 is 0 Å². The van der Waals surface area contributed by atoms with Crippen LogP contribution in [0.1, 0.15) is 11.1 Å². The van der Waals surface area contributed by atoms with Crippen LogP contribution in [0.2, 0.25) is 0 Å². The van der Waals surface area contributed by atoms with Crippen molar-refractivity contribution in [2.24, 2.45) is 0 Å². The predicted octanol–water partition coefficient (Wildman–Crippen LogP) is 12.3. The van der Waals surface area contributed by atoms with Gasteiger partial charge in [0.25, 0.3) is 0 Å². The summed E-state index contributed by atoms with van der Waals surface area (Å²) in [6.07, 6.45) is 0.856. The monoisotopic (exact) mass is 572 g/mol. The normalized spacial score (nSPS) is 11.2. The van der Waals surface area contributed by atoms with Gasteiger partial charge in [-0.2, -0.15) is 0 Å². The van der Waals surface area contributed by atoms with Gasteiger partial charge in [0.05, 0.1) is 0 Å². The summed E-state index contributed by atoms with van der Waals surface area (Å²) in [5, 5.41) is 5.19. The second-order valence-corrected chi connectivity index (χ2v) is 11.6. The molecule has 0 aliphatic heterocycles. The topological polar surface area (TPSA) is 0 Å². The Morgan fingerprint density at radius 3 is 1.31 bits per heavy atom. The molecule has 0 bridgehead atoms. The average Bonchev–Trinajstić information content (AvgIpc) is 3.13. The fourth-order valence-corrected chi connectivity index (χ4v) is 6.91. The molecule has 0 unspecified atom stereocenters. The molecular formula is C45H32. The summed E-state index contributed by atoms with van der Waals surface area (Å²) in [5.74, 6) is 0. The van der Waals surface area contributed by atoms with Gasteiger partial charge in [0.1, 0.15) is 0 Å². The van der Waals surface area contributed by atoms with E-state index in [1.807, 2.05) is 0 Å². The number of hydrogen-bond donors (Lipinski definition) is 0. The molecule has 0 atom stereocenters. The van der Waals surface area contributed by atoms with Crippen molar-refractivity contribution >= 4 is 21.5 Å². The lowest BCUT2D eigenvalue weighted by molar-refractivity contribution is 1.23. The summed E-state index contributed by atoms with van der Waals surface area (Å²) in [5.41, 5.74) is 12.7. The molecule has 0 saturated carbocycles. The van der Waals surface area contributed by atoms with Crippen molar-refractivity contribution in [1.82, 2.24) is 0 Å². The van der Waals surface area contributed by atoms with Gasteiger partial charge in [-0.1, -0.05) is 176 Å². The van der Waals surface area contributed by atoms with Crippen LogP contribution < -0.4 is 0 Å². The summed E-state index contributed by atoms with van der Waals surface area (Å²) in [6, 6.07) is 66.1. The smallest absolute Gasteiger partial charge is 0.000728 e. The minimum absolute atomic E-state index is 0.856. The molecule has 0 aliphatic rings. The third-order valence-electron chi connectivity index (χ3n) is 8.99. The fourth-order valence-electron chi connectivity index (χ4n) is 6.91. The van der Waals surface area contributed by atoms with Crippen molar-refractivity contribution in [3.8, 4) is 44.5 Å². The van der Waals surface area contributed by atoms with Gasteiger partial charge >= 0.3 is 0 Å². The minimum Gasteiger partial charge on any atom is -0.0622 e. The molecule has 0 saturated heterocycles. The van der Waals surface area contributed by atoms with E-state index in [-0.39, 0.29) is 0 Å². The zero-order valence-corrected chi connectivity index (χ0v) is 25.0. The Kier molecular flexibility index (Phi) is 7.02. The molecule has 0 aliphatic carbocycles. The van der Waals surface area contributed by atoms with Gasteiger partial charge in [0.2, 0.25) is 0 Å². The fraction of sp³-hybridized carbons (Fsp3) is 0.0222. The summed E-state index contributed by atoms with van der Waals surface area (Å²) >= 11 is 0. The van der Waals surface area contributed by atoms with Crippen LogP contribution in [0.25, 0.3) is 66.1 Å². The van der Waals surface area contributed by atoms with E-state index in [9.17, 15) is 0 Å². The molecule has 0 amide bonds. The highest BCUT2D eigenvalue weighted by atomic mass is 14.2. The van der Waals surface area contributed by atoms with Crippen LogP contribution in [-0.2, 0) is 6.42 Å². The molecular weight excluding hydrogens is 540 g/mol. The first-order valence-corrected chi connectivity index (χ1v) is 15.7. The van der Waals surface area contributed by atoms with Gasteiger partial charge in [-0.3, -0.25) is 0 Å². The van der Waals surface area contributed by atoms with Crippen molar-refractivity contribution in [2.75, 3.05) is 0 Å². The molecule has 0 heterocycles. The van der Waals surface area contributed by atoms with E-state index < -0.39 is 0 Å². The molecule has 0 spiro atoms. The highest BCUT2D eigenvalue weighted by Gasteiger charge is 2.18. The van der Waals surface area contributed by atoms with Gasteiger partial charge in [-0.15, -0.1) is 0 Å². The van der Waals surface area contributed by atoms with Crippen LogP contribution in [-0.4, -0.2) is 0 Å². The van der Waals surface area contributed by atoms with Crippen LogP contribution in [0, 0.1) is 0 Å². The Balaban J connectivity index is 1.36. The minimum atomic E-state index is 0.856. The summed E-state index contributed by atoms with van der Waals surface area (Å²) in [6.45, 7) is 0. The van der Waals surface area contributed by atoms with Crippen molar-refractivity contribution in [1.29, 1.82) is 0 Å². The maximum Gasteiger partial charge on any atom is -0.000728 e. The van der Waals surface area contributed by atoms with Gasteiger partial charge in [-0.05, 0) is 89.7 Å². The quantitative estimate of drug-likeness (QED) is 0.174. The summed E-state index contributed by atoms with van der Waals surface area (Å²) in [7, 11) is 0. The van der Waals surface area contributed by atoms with Crippen LogP contribution >= 0.6 is 0 Å². The Bertz CT molecular complexity index is 2210. The average molecular weight is 573 g/mol. The molecule has 45 heavy (non-hydrogen) atoms. The van der Waals surface area contributed by atoms with Crippen molar-refractivity contribution < 1.29 is 0 Å². The molecule has 0 nitrogen and oxygen atoms in total. The number of benzene rings is 8. The molecule has 0 fully saturated rings. The Morgan fingerprint density at radius 1 is 0.289 bits per heavy atom. The van der Waals surface area contributed by atoms with Crippen molar-refractivity contribution in [3.05, 3.63) is 193 Å². The van der Waals surface area contributed by atoms with Crippen molar-refractivity contribution in [2.45, 2.75) is 6.42 Å². The van der Waals surface area contributed by atoms with Crippen LogP contribution in [0.15, 0.2) is 182 Å². The molecule has 0 heteroatoms. The third kappa shape index (κ3) is 5.01. The third-order valence-corrected chi connectivity index (χ3v) is 8.99. The number of hydrogen-bond acceptors (Lipinski definition) is 0. The second-order valence-electron chi connectivity index (χ2n) is 11.6. The van der Waals surface area contributed by atoms with E-state index in [4.69, 9.17) is 0 Å². The summed E-state index contributed by atoms with van der Waals surface area (Å²) < 4.78 is 0. The lowest BCUT2D eigenvalue weighted by atomic mass is 9.84. The first kappa shape index (κ1) is 26.9. The molecule has 212 valence electrons. The Labute approximate surface area is 264 Å². The molecule has 0 N–H and O–H groups in total. The zero-order chi connectivity index (χ0) is 30.0. The molecule has 8 aromatic rings. The van der Waals surface area contributed by atoms with E-state index in [1.54, 1.807) is 0 Å². The number of rotatable bonds is 6. The highest BCUT2D eigenvalue weighted by Crippen LogP contribution is 2.43. The maximum absolute atomic E-state index is 2.40. The lowest BCUT2D eigenvalue weighted by Crippen LogP contribution is -1.97. The van der Waals surface area contributed by atoms with Gasteiger partial charge in [-0.25, -0.2) is 0 Å². The second kappa shape index (κ2) is 11.8. The van der Waals surface area contributed by atoms with Gasteiger partial charge in [0, 0.05) is 0 Å². The van der Waals surface area contributed by atoms with E-state index in [0.717, 1.165) is 6.42 Å². The van der Waals surface area contributed by atoms with Crippen LogP contribution in [0.4, 0.5) is 0 Å². The van der Waals surface area contributed by atoms with Crippen LogP contribution in [0.3, 0.4) is 0 Å². The maximum atomic E-state index is 2.40. The van der Waals surface area contributed by atoms with E-state index in [1.165, 1.54) is 77.2 Å².